The monoisotopic (exact) mass is 224 g/mol. The highest BCUT2D eigenvalue weighted by Crippen LogP contribution is 2.56. The quantitative estimate of drug-likeness (QED) is 0.569. The van der Waals surface area contributed by atoms with Gasteiger partial charge in [0.05, 0.1) is 0 Å². The molecule has 0 heterocycles. The first-order valence-electron chi connectivity index (χ1n) is 7.06. The molecule has 0 aliphatic heterocycles. The second-order valence-corrected chi connectivity index (χ2v) is 6.61. The van der Waals surface area contributed by atoms with E-state index < -0.39 is 0 Å². The van der Waals surface area contributed by atoms with Gasteiger partial charge < -0.3 is 0 Å². The fraction of sp³-hybridized carbons (Fsp3) is 1.00. The van der Waals surface area contributed by atoms with E-state index in [1.807, 2.05) is 0 Å². The largest absolute Gasteiger partial charge is 0.271 e. The maximum Gasteiger partial charge on any atom is 0.0274 e. The molecule has 0 aromatic heterocycles. The van der Waals surface area contributed by atoms with Crippen molar-refractivity contribution in [2.45, 2.75) is 65.3 Å². The Labute approximate surface area is 100 Å². The first-order valence-corrected chi connectivity index (χ1v) is 7.06. The van der Waals surface area contributed by atoms with Crippen LogP contribution in [-0.4, -0.2) is 6.04 Å². The van der Waals surface area contributed by atoms with Crippen molar-refractivity contribution in [2.24, 2.45) is 29.0 Å². The lowest BCUT2D eigenvalue weighted by atomic mass is 9.72. The summed E-state index contributed by atoms with van der Waals surface area (Å²) in [5, 5.41) is 0. The van der Waals surface area contributed by atoms with Gasteiger partial charge >= 0.3 is 0 Å². The average molecular weight is 224 g/mol. The van der Waals surface area contributed by atoms with Crippen molar-refractivity contribution >= 4 is 0 Å². The van der Waals surface area contributed by atoms with E-state index in [4.69, 9.17) is 5.84 Å². The highest BCUT2D eigenvalue weighted by atomic mass is 15.2. The van der Waals surface area contributed by atoms with Crippen LogP contribution in [-0.2, 0) is 0 Å². The van der Waals surface area contributed by atoms with Crippen LogP contribution in [0.1, 0.15) is 59.3 Å². The lowest BCUT2D eigenvalue weighted by Crippen LogP contribution is -2.46. The molecule has 0 spiro atoms. The summed E-state index contributed by atoms with van der Waals surface area (Å²) in [5.41, 5.74) is 3.69. The van der Waals surface area contributed by atoms with Crippen LogP contribution >= 0.6 is 0 Å². The highest BCUT2D eigenvalue weighted by molar-refractivity contribution is 5.04. The van der Waals surface area contributed by atoms with Gasteiger partial charge in [-0.15, -0.1) is 0 Å². The Morgan fingerprint density at radius 2 is 1.94 bits per heavy atom. The second-order valence-electron chi connectivity index (χ2n) is 6.61. The number of hydrazine groups is 1. The zero-order valence-electron chi connectivity index (χ0n) is 11.1. The Morgan fingerprint density at radius 3 is 2.44 bits per heavy atom. The summed E-state index contributed by atoms with van der Waals surface area (Å²) < 4.78 is 0. The number of hydrogen-bond donors (Lipinski definition) is 2. The number of nitrogens with one attached hydrogen (secondary N) is 1. The van der Waals surface area contributed by atoms with Crippen LogP contribution in [0.3, 0.4) is 0 Å². The van der Waals surface area contributed by atoms with Gasteiger partial charge in [0.1, 0.15) is 0 Å². The minimum Gasteiger partial charge on any atom is -0.271 e. The Kier molecular flexibility index (Phi) is 3.60. The van der Waals surface area contributed by atoms with E-state index in [0.717, 1.165) is 17.8 Å². The summed E-state index contributed by atoms with van der Waals surface area (Å²) in [6.45, 7) is 7.10. The molecule has 0 bridgehead atoms. The Bertz CT molecular complexity index is 235. The van der Waals surface area contributed by atoms with E-state index in [9.17, 15) is 0 Å². The number of nitrogens with two attached hydrogens (primary N) is 1. The minimum absolute atomic E-state index is 0.534. The van der Waals surface area contributed by atoms with Crippen LogP contribution in [0.4, 0.5) is 0 Å². The van der Waals surface area contributed by atoms with Gasteiger partial charge in [0.2, 0.25) is 0 Å². The molecule has 3 N–H and O–H groups in total. The molecule has 0 amide bonds. The van der Waals surface area contributed by atoms with Crippen LogP contribution in [0.5, 0.6) is 0 Å². The van der Waals surface area contributed by atoms with Gasteiger partial charge in [-0.05, 0) is 36.0 Å². The molecule has 2 rings (SSSR count). The third kappa shape index (κ3) is 2.28. The number of rotatable bonds is 4. The molecule has 4 atom stereocenters. The SMILES string of the molecule is CCC1CCCCC1C(NN)C1CC1(C)C. The maximum atomic E-state index is 5.83. The maximum absolute atomic E-state index is 5.83. The van der Waals surface area contributed by atoms with E-state index >= 15 is 0 Å². The predicted octanol–water partition coefficient (Wildman–Crippen LogP) is 3.08. The van der Waals surface area contributed by atoms with E-state index in [2.05, 4.69) is 26.2 Å². The smallest absolute Gasteiger partial charge is 0.0274 e. The molecule has 2 heteroatoms. The van der Waals surface area contributed by atoms with Gasteiger partial charge in [0, 0.05) is 6.04 Å². The van der Waals surface area contributed by atoms with Crippen LogP contribution in [0.15, 0.2) is 0 Å². The highest BCUT2D eigenvalue weighted by Gasteiger charge is 2.52. The second kappa shape index (κ2) is 4.66. The van der Waals surface area contributed by atoms with Gasteiger partial charge in [0.25, 0.3) is 0 Å². The zero-order chi connectivity index (χ0) is 11.8. The van der Waals surface area contributed by atoms with Crippen molar-refractivity contribution in [2.75, 3.05) is 0 Å². The van der Waals surface area contributed by atoms with Gasteiger partial charge in [-0.1, -0.05) is 46.5 Å². The molecule has 4 unspecified atom stereocenters. The summed E-state index contributed by atoms with van der Waals surface area (Å²) in [4.78, 5) is 0. The molecule has 2 nitrogen and oxygen atoms in total. The molecule has 2 aliphatic carbocycles. The molecule has 16 heavy (non-hydrogen) atoms. The third-order valence-corrected chi connectivity index (χ3v) is 5.17. The molecule has 0 saturated heterocycles. The van der Waals surface area contributed by atoms with E-state index in [-0.39, 0.29) is 0 Å². The topological polar surface area (TPSA) is 38.0 Å². The van der Waals surface area contributed by atoms with Crippen molar-refractivity contribution in [3.8, 4) is 0 Å². The number of hydrogen-bond acceptors (Lipinski definition) is 2. The van der Waals surface area contributed by atoms with Crippen LogP contribution < -0.4 is 11.3 Å². The Morgan fingerprint density at radius 1 is 1.31 bits per heavy atom. The molecule has 94 valence electrons. The van der Waals surface area contributed by atoms with Crippen LogP contribution in [0, 0.1) is 23.2 Å². The lowest BCUT2D eigenvalue weighted by molar-refractivity contribution is 0.154. The van der Waals surface area contributed by atoms with Crippen molar-refractivity contribution in [1.82, 2.24) is 5.43 Å². The van der Waals surface area contributed by atoms with E-state index in [1.54, 1.807) is 0 Å². The molecule has 0 aromatic carbocycles. The predicted molar refractivity (Wildman–Crippen MR) is 68.7 cm³/mol. The minimum atomic E-state index is 0.534. The molecular formula is C14H28N2. The van der Waals surface area contributed by atoms with Gasteiger partial charge in [-0.2, -0.15) is 0 Å². The van der Waals surface area contributed by atoms with Gasteiger partial charge in [-0.3, -0.25) is 11.3 Å². The van der Waals surface area contributed by atoms with Crippen LogP contribution in [0.25, 0.3) is 0 Å². The Hall–Kier alpha value is -0.0800. The first kappa shape index (κ1) is 12.4. The standard InChI is InChI=1S/C14H28N2/c1-4-10-7-5-6-8-11(10)13(16-15)12-9-14(12,2)3/h10-13,16H,4-9,15H2,1-3H3. The molecule has 0 radical (unpaired) electrons. The third-order valence-electron chi connectivity index (χ3n) is 5.17. The summed E-state index contributed by atoms with van der Waals surface area (Å²) in [5.74, 6) is 8.38. The summed E-state index contributed by atoms with van der Waals surface area (Å²) >= 11 is 0. The fourth-order valence-corrected chi connectivity index (χ4v) is 3.88. The molecular weight excluding hydrogens is 196 g/mol. The molecule has 2 aliphatic rings. The lowest BCUT2D eigenvalue weighted by Gasteiger charge is -2.37. The fourth-order valence-electron chi connectivity index (χ4n) is 3.88. The average Bonchev–Trinajstić information content (AvgIpc) is 2.89. The van der Waals surface area contributed by atoms with Gasteiger partial charge in [0.15, 0.2) is 0 Å². The van der Waals surface area contributed by atoms with Crippen molar-refractivity contribution in [3.05, 3.63) is 0 Å². The molecule has 2 saturated carbocycles. The van der Waals surface area contributed by atoms with Crippen molar-refractivity contribution < 1.29 is 0 Å². The molecule has 0 aromatic rings. The van der Waals surface area contributed by atoms with Crippen molar-refractivity contribution in [3.63, 3.8) is 0 Å². The normalized spacial score (nSPS) is 39.4. The summed E-state index contributed by atoms with van der Waals surface area (Å²) in [6, 6.07) is 0.570. The van der Waals surface area contributed by atoms with Gasteiger partial charge in [-0.25, -0.2) is 0 Å². The molecule has 2 fully saturated rings. The zero-order valence-corrected chi connectivity index (χ0v) is 11.1. The van der Waals surface area contributed by atoms with Crippen LogP contribution in [0.2, 0.25) is 0 Å². The van der Waals surface area contributed by atoms with Crippen molar-refractivity contribution in [1.29, 1.82) is 0 Å². The first-order chi connectivity index (χ1) is 7.60. The van der Waals surface area contributed by atoms with E-state index in [1.165, 1.54) is 38.5 Å². The Balaban J connectivity index is 2.02. The summed E-state index contributed by atoms with van der Waals surface area (Å²) in [6.07, 6.45) is 8.34. The van der Waals surface area contributed by atoms with E-state index in [0.29, 0.717) is 11.5 Å². The summed E-state index contributed by atoms with van der Waals surface area (Å²) in [7, 11) is 0.